The third kappa shape index (κ3) is 5.14. The fraction of sp³-hybridized carbons (Fsp3) is 0.588. The van der Waals surface area contributed by atoms with Gasteiger partial charge in [-0.25, -0.2) is 4.98 Å². The summed E-state index contributed by atoms with van der Waals surface area (Å²) >= 11 is 5.79. The number of aromatic nitrogens is 1. The van der Waals surface area contributed by atoms with Crippen molar-refractivity contribution in [1.29, 1.82) is 0 Å². The van der Waals surface area contributed by atoms with E-state index in [1.807, 2.05) is 9.80 Å². The predicted octanol–water partition coefficient (Wildman–Crippen LogP) is 1.24. The topological polar surface area (TPSA) is 74.8 Å². The van der Waals surface area contributed by atoms with Gasteiger partial charge in [0.25, 0.3) is 0 Å². The fourth-order valence-electron chi connectivity index (χ4n) is 3.28. The van der Waals surface area contributed by atoms with E-state index in [-0.39, 0.29) is 24.3 Å². The van der Waals surface area contributed by atoms with Gasteiger partial charge in [-0.1, -0.05) is 11.6 Å². The van der Waals surface area contributed by atoms with Gasteiger partial charge in [0.05, 0.1) is 30.7 Å². The van der Waals surface area contributed by atoms with Gasteiger partial charge in [0.15, 0.2) is 0 Å². The first kappa shape index (κ1) is 18.1. The van der Waals surface area contributed by atoms with Crippen LogP contribution in [0.25, 0.3) is 0 Å². The minimum atomic E-state index is -0.130. The highest BCUT2D eigenvalue weighted by Crippen LogP contribution is 2.19. The quantitative estimate of drug-likeness (QED) is 0.867. The third-order valence-corrected chi connectivity index (χ3v) is 4.76. The number of piperidine rings is 1. The molecule has 1 aromatic rings. The summed E-state index contributed by atoms with van der Waals surface area (Å²) < 4.78 is 5.30. The normalized spacial score (nSPS) is 21.8. The number of pyridine rings is 1. The minimum absolute atomic E-state index is 0.0340. The zero-order valence-electron chi connectivity index (χ0n) is 14.1. The summed E-state index contributed by atoms with van der Waals surface area (Å²) in [6.07, 6.45) is 3.30. The highest BCUT2D eigenvalue weighted by molar-refractivity contribution is 6.30. The molecule has 0 aromatic carbocycles. The molecule has 0 bridgehead atoms. The van der Waals surface area contributed by atoms with Gasteiger partial charge in [0.1, 0.15) is 5.82 Å². The van der Waals surface area contributed by atoms with Crippen molar-refractivity contribution in [3.05, 3.63) is 23.4 Å². The van der Waals surface area contributed by atoms with Crippen molar-refractivity contribution in [3.8, 4) is 0 Å². The Morgan fingerprint density at radius 2 is 2.08 bits per heavy atom. The highest BCUT2D eigenvalue weighted by atomic mass is 35.5. The largest absolute Gasteiger partial charge is 0.378 e. The monoisotopic (exact) mass is 366 g/mol. The van der Waals surface area contributed by atoms with Crippen LogP contribution in [-0.2, 0) is 14.3 Å². The second kappa shape index (κ2) is 8.60. The van der Waals surface area contributed by atoms with Crippen LogP contribution in [0, 0.1) is 5.92 Å². The number of anilines is 1. The number of hydrogen-bond acceptors (Lipinski definition) is 5. The number of morpholine rings is 1. The summed E-state index contributed by atoms with van der Waals surface area (Å²) in [6, 6.07) is 3.35. The van der Waals surface area contributed by atoms with Crippen molar-refractivity contribution in [2.75, 3.05) is 51.3 Å². The van der Waals surface area contributed by atoms with Crippen molar-refractivity contribution in [2.24, 2.45) is 5.92 Å². The fourth-order valence-corrected chi connectivity index (χ4v) is 3.39. The Bertz CT molecular complexity index is 604. The first-order valence-electron chi connectivity index (χ1n) is 8.62. The van der Waals surface area contributed by atoms with Crippen LogP contribution in [-0.4, -0.2) is 72.5 Å². The summed E-state index contributed by atoms with van der Waals surface area (Å²) in [5, 5.41) is 3.29. The number of ether oxygens (including phenoxy) is 1. The number of rotatable bonds is 4. The summed E-state index contributed by atoms with van der Waals surface area (Å²) in [5.74, 6) is 0.503. The zero-order chi connectivity index (χ0) is 17.6. The molecule has 0 unspecified atom stereocenters. The average Bonchev–Trinajstić information content (AvgIpc) is 2.64. The van der Waals surface area contributed by atoms with Crippen molar-refractivity contribution in [2.45, 2.75) is 12.8 Å². The van der Waals surface area contributed by atoms with Crippen LogP contribution in [0.3, 0.4) is 0 Å². The molecule has 0 spiro atoms. The van der Waals surface area contributed by atoms with Crippen LogP contribution in [0.2, 0.25) is 5.02 Å². The molecule has 0 radical (unpaired) electrons. The molecule has 1 atom stereocenters. The van der Waals surface area contributed by atoms with Crippen LogP contribution >= 0.6 is 11.6 Å². The molecule has 0 saturated carbocycles. The molecular weight excluding hydrogens is 344 g/mol. The van der Waals surface area contributed by atoms with E-state index in [0.29, 0.717) is 43.7 Å². The third-order valence-electron chi connectivity index (χ3n) is 4.54. The summed E-state index contributed by atoms with van der Waals surface area (Å²) in [4.78, 5) is 32.8. The first-order chi connectivity index (χ1) is 12.1. The molecule has 3 rings (SSSR count). The second-order valence-electron chi connectivity index (χ2n) is 6.42. The molecule has 2 amide bonds. The van der Waals surface area contributed by atoms with Crippen LogP contribution in [0.1, 0.15) is 12.8 Å². The van der Waals surface area contributed by atoms with Gasteiger partial charge in [-0.3, -0.25) is 14.5 Å². The van der Waals surface area contributed by atoms with Crippen molar-refractivity contribution >= 4 is 29.2 Å². The standard InChI is InChI=1S/C17H23ClN4O3/c18-14-3-4-15(19-10-14)20-16(23)12-21-5-1-2-13(11-21)17(24)22-6-8-25-9-7-22/h3-4,10,13H,1-2,5-9,11-12H2,(H,19,20,23)/t13-/m0/s1. The lowest BCUT2D eigenvalue weighted by atomic mass is 9.96. The van der Waals surface area contributed by atoms with Crippen LogP contribution in [0.5, 0.6) is 0 Å². The van der Waals surface area contributed by atoms with Gasteiger partial charge in [0.2, 0.25) is 11.8 Å². The lowest BCUT2D eigenvalue weighted by Crippen LogP contribution is -2.49. The van der Waals surface area contributed by atoms with E-state index in [9.17, 15) is 9.59 Å². The van der Waals surface area contributed by atoms with E-state index in [1.165, 1.54) is 6.20 Å². The van der Waals surface area contributed by atoms with E-state index in [4.69, 9.17) is 16.3 Å². The maximum absolute atomic E-state index is 12.6. The van der Waals surface area contributed by atoms with E-state index in [1.54, 1.807) is 12.1 Å². The number of nitrogens with zero attached hydrogens (tertiary/aromatic N) is 3. The molecule has 7 nitrogen and oxygen atoms in total. The molecule has 136 valence electrons. The van der Waals surface area contributed by atoms with Gasteiger partial charge in [0, 0.05) is 25.8 Å². The molecule has 1 aromatic heterocycles. The molecule has 0 aliphatic carbocycles. The molecule has 2 saturated heterocycles. The van der Waals surface area contributed by atoms with Crippen LogP contribution < -0.4 is 5.32 Å². The Morgan fingerprint density at radius 3 is 2.80 bits per heavy atom. The minimum Gasteiger partial charge on any atom is -0.378 e. The predicted molar refractivity (Wildman–Crippen MR) is 94.4 cm³/mol. The van der Waals surface area contributed by atoms with Gasteiger partial charge in [-0.15, -0.1) is 0 Å². The molecule has 8 heteroatoms. The number of carbonyl (C=O) groups is 2. The number of halogens is 1. The van der Waals surface area contributed by atoms with Crippen LogP contribution in [0.15, 0.2) is 18.3 Å². The highest BCUT2D eigenvalue weighted by Gasteiger charge is 2.30. The average molecular weight is 367 g/mol. The van der Waals surface area contributed by atoms with E-state index >= 15 is 0 Å². The summed E-state index contributed by atoms with van der Waals surface area (Å²) in [6.45, 7) is 4.26. The molecular formula is C17H23ClN4O3. The molecule has 2 aliphatic heterocycles. The second-order valence-corrected chi connectivity index (χ2v) is 6.86. The number of nitrogens with one attached hydrogen (secondary N) is 1. The van der Waals surface area contributed by atoms with E-state index < -0.39 is 0 Å². The number of hydrogen-bond donors (Lipinski definition) is 1. The molecule has 25 heavy (non-hydrogen) atoms. The van der Waals surface area contributed by atoms with Crippen molar-refractivity contribution in [3.63, 3.8) is 0 Å². The lowest BCUT2D eigenvalue weighted by molar-refractivity contribution is -0.141. The number of amides is 2. The van der Waals surface area contributed by atoms with E-state index in [2.05, 4.69) is 10.3 Å². The molecule has 1 N–H and O–H groups in total. The smallest absolute Gasteiger partial charge is 0.239 e. The molecule has 3 heterocycles. The Hall–Kier alpha value is -1.70. The number of carbonyl (C=O) groups excluding carboxylic acids is 2. The summed E-state index contributed by atoms with van der Waals surface area (Å²) in [7, 11) is 0. The zero-order valence-corrected chi connectivity index (χ0v) is 14.9. The van der Waals surface area contributed by atoms with E-state index in [0.717, 1.165) is 19.4 Å². The van der Waals surface area contributed by atoms with Gasteiger partial charge < -0.3 is 15.0 Å². The van der Waals surface area contributed by atoms with Gasteiger partial charge in [-0.2, -0.15) is 0 Å². The Labute approximate surface area is 152 Å². The maximum Gasteiger partial charge on any atom is 0.239 e. The van der Waals surface area contributed by atoms with Gasteiger partial charge in [-0.05, 0) is 31.5 Å². The van der Waals surface area contributed by atoms with Crippen molar-refractivity contribution < 1.29 is 14.3 Å². The SMILES string of the molecule is O=C(CN1CCC[C@H](C(=O)N2CCOCC2)C1)Nc1ccc(Cl)cn1. The summed E-state index contributed by atoms with van der Waals surface area (Å²) in [5.41, 5.74) is 0. The van der Waals surface area contributed by atoms with Gasteiger partial charge >= 0.3 is 0 Å². The maximum atomic E-state index is 12.6. The van der Waals surface area contributed by atoms with Crippen LogP contribution in [0.4, 0.5) is 5.82 Å². The molecule has 2 aliphatic rings. The Balaban J connectivity index is 1.49. The Kier molecular flexibility index (Phi) is 6.23. The number of likely N-dealkylation sites (tertiary alicyclic amines) is 1. The molecule has 2 fully saturated rings. The Morgan fingerprint density at radius 1 is 1.28 bits per heavy atom. The lowest BCUT2D eigenvalue weighted by Gasteiger charge is -2.35. The first-order valence-corrected chi connectivity index (χ1v) is 9.00. The van der Waals surface area contributed by atoms with Crippen molar-refractivity contribution in [1.82, 2.24) is 14.8 Å².